The number of aromatic nitrogens is 2. The fraction of sp³-hybridized carbons (Fsp3) is 0.303. The highest BCUT2D eigenvalue weighted by molar-refractivity contribution is 7.89. The first-order valence-corrected chi connectivity index (χ1v) is 17.2. The van der Waals surface area contributed by atoms with Crippen molar-refractivity contribution >= 4 is 39.2 Å². The highest BCUT2D eigenvalue weighted by Gasteiger charge is 2.40. The lowest BCUT2D eigenvalue weighted by molar-refractivity contribution is -0.137. The van der Waals surface area contributed by atoms with E-state index in [0.717, 1.165) is 34.6 Å². The maximum atomic E-state index is 14.4. The van der Waals surface area contributed by atoms with Gasteiger partial charge in [0.05, 0.1) is 34.2 Å². The number of alkyl halides is 3. The molecule has 9 nitrogen and oxygen atoms in total. The number of hydrogen-bond donors (Lipinski definition) is 1. The van der Waals surface area contributed by atoms with Gasteiger partial charge >= 0.3 is 6.18 Å². The van der Waals surface area contributed by atoms with Crippen molar-refractivity contribution in [3.63, 3.8) is 0 Å². The zero-order chi connectivity index (χ0) is 34.9. The van der Waals surface area contributed by atoms with Crippen molar-refractivity contribution in [2.75, 3.05) is 42.5 Å². The van der Waals surface area contributed by atoms with Crippen LogP contribution in [0.3, 0.4) is 0 Å². The van der Waals surface area contributed by atoms with Gasteiger partial charge in [0.2, 0.25) is 21.9 Å². The van der Waals surface area contributed by atoms with Crippen LogP contribution in [0.15, 0.2) is 77.7 Å². The van der Waals surface area contributed by atoms with E-state index in [1.165, 1.54) is 18.2 Å². The molecule has 1 aromatic heterocycles. The Balaban J connectivity index is 1.23. The summed E-state index contributed by atoms with van der Waals surface area (Å²) in [6.45, 7) is 1.65. The number of nitrogens with one attached hydrogen (secondary N) is 1. The number of halogens is 6. The molecule has 1 N–H and O–H groups in total. The fourth-order valence-corrected chi connectivity index (χ4v) is 8.11. The summed E-state index contributed by atoms with van der Waals surface area (Å²) in [6, 6.07) is 14.4. The summed E-state index contributed by atoms with van der Waals surface area (Å²) in [5, 5.41) is 2.44. The van der Waals surface area contributed by atoms with E-state index in [4.69, 9.17) is 11.6 Å². The van der Waals surface area contributed by atoms with Crippen LogP contribution in [0.5, 0.6) is 0 Å². The summed E-state index contributed by atoms with van der Waals surface area (Å²) in [7, 11) is -4.23. The van der Waals surface area contributed by atoms with Crippen molar-refractivity contribution in [1.82, 2.24) is 19.6 Å². The minimum atomic E-state index is -4.52. The van der Waals surface area contributed by atoms with Crippen molar-refractivity contribution < 1.29 is 35.2 Å². The molecular weight excluding hydrogens is 691 g/mol. The summed E-state index contributed by atoms with van der Waals surface area (Å²) < 4.78 is 95.6. The number of sulfonamides is 1. The molecule has 2 fully saturated rings. The van der Waals surface area contributed by atoms with E-state index in [9.17, 15) is 35.2 Å². The van der Waals surface area contributed by atoms with Gasteiger partial charge in [-0.2, -0.15) is 17.5 Å². The zero-order valence-corrected chi connectivity index (χ0v) is 27.4. The van der Waals surface area contributed by atoms with Crippen molar-refractivity contribution in [3.05, 3.63) is 101 Å². The third kappa shape index (κ3) is 7.48. The van der Waals surface area contributed by atoms with E-state index in [-0.39, 0.29) is 41.2 Å². The third-order valence-corrected chi connectivity index (χ3v) is 10.9. The second kappa shape index (κ2) is 13.9. The third-order valence-electron chi connectivity index (χ3n) is 8.46. The first kappa shape index (κ1) is 34.5. The fourth-order valence-electron chi connectivity index (χ4n) is 5.95. The Morgan fingerprint density at radius 1 is 0.898 bits per heavy atom. The van der Waals surface area contributed by atoms with Gasteiger partial charge in [0.25, 0.3) is 0 Å². The standard InChI is InChI=1S/C33H30ClF5N6O3S/c34-25-18-23(35)11-12-30(25)49(47,48)45-13-3-6-29(45)31(46)40-20-24-19-27(21-7-9-22(10-8-21)33(37,38)39)42-32(41-24)44-16-14-43(15-17-44)28-5-2-1-4-26(28)36/h1-2,4-5,7-12,18-19,29H,3,6,13-17,20H2,(H,40,46)/t29-/m0/s1. The molecule has 3 aromatic carbocycles. The highest BCUT2D eigenvalue weighted by Crippen LogP contribution is 2.33. The second-order valence-corrected chi connectivity index (χ2v) is 13.9. The highest BCUT2D eigenvalue weighted by atomic mass is 35.5. The van der Waals surface area contributed by atoms with Crippen LogP contribution in [0.4, 0.5) is 33.6 Å². The molecule has 0 spiro atoms. The Hall–Kier alpha value is -4.34. The molecule has 0 radical (unpaired) electrons. The molecule has 2 aliphatic rings. The average Bonchev–Trinajstić information content (AvgIpc) is 3.59. The Kier molecular flexibility index (Phi) is 9.78. The Morgan fingerprint density at radius 2 is 1.59 bits per heavy atom. The van der Waals surface area contributed by atoms with Gasteiger partial charge in [-0.05, 0) is 61.4 Å². The van der Waals surface area contributed by atoms with Crippen LogP contribution < -0.4 is 15.1 Å². The van der Waals surface area contributed by atoms with Crippen molar-refractivity contribution in [1.29, 1.82) is 0 Å². The van der Waals surface area contributed by atoms with Crippen LogP contribution in [0, 0.1) is 11.6 Å². The molecule has 1 amide bonds. The molecule has 16 heteroatoms. The molecule has 49 heavy (non-hydrogen) atoms. The molecule has 2 aliphatic heterocycles. The number of rotatable bonds is 8. The van der Waals surface area contributed by atoms with Crippen LogP contribution in [-0.2, 0) is 27.5 Å². The van der Waals surface area contributed by atoms with Gasteiger partial charge in [-0.3, -0.25) is 4.79 Å². The maximum absolute atomic E-state index is 14.4. The number of carbonyl (C=O) groups excluding carboxylic acids is 1. The minimum absolute atomic E-state index is 0.0582. The molecule has 1 atom stereocenters. The molecule has 0 aliphatic carbocycles. The van der Waals surface area contributed by atoms with Gasteiger partial charge in [-0.1, -0.05) is 35.9 Å². The van der Waals surface area contributed by atoms with E-state index in [1.54, 1.807) is 24.3 Å². The molecule has 0 saturated carbocycles. The summed E-state index contributed by atoms with van der Waals surface area (Å²) in [6.07, 6.45) is -3.88. The molecule has 2 saturated heterocycles. The van der Waals surface area contributed by atoms with Crippen molar-refractivity contribution in [2.45, 2.75) is 36.5 Å². The number of carbonyl (C=O) groups is 1. The lowest BCUT2D eigenvalue weighted by Gasteiger charge is -2.36. The van der Waals surface area contributed by atoms with E-state index >= 15 is 0 Å². The predicted octanol–water partition coefficient (Wildman–Crippen LogP) is 5.89. The summed E-state index contributed by atoms with van der Waals surface area (Å²) >= 11 is 6.04. The summed E-state index contributed by atoms with van der Waals surface area (Å²) in [4.78, 5) is 26.1. The Labute approximate surface area is 284 Å². The van der Waals surface area contributed by atoms with Gasteiger partial charge in [0, 0.05) is 38.3 Å². The predicted molar refractivity (Wildman–Crippen MR) is 173 cm³/mol. The Morgan fingerprint density at radius 3 is 2.27 bits per heavy atom. The van der Waals surface area contributed by atoms with Gasteiger partial charge < -0.3 is 15.1 Å². The Bertz CT molecular complexity index is 1960. The molecule has 4 aromatic rings. The lowest BCUT2D eigenvalue weighted by Crippen LogP contribution is -2.47. The van der Waals surface area contributed by atoms with E-state index in [0.29, 0.717) is 55.2 Å². The summed E-state index contributed by atoms with van der Waals surface area (Å²) in [5.41, 5.74) is 0.683. The SMILES string of the molecule is O=C(NCc1cc(-c2ccc(C(F)(F)F)cc2)nc(N2CCN(c3ccccc3F)CC2)n1)[C@@H]1CCCN1S(=O)(=O)c1ccc(F)cc1Cl. The van der Waals surface area contributed by atoms with Crippen molar-refractivity contribution in [3.8, 4) is 11.3 Å². The van der Waals surface area contributed by atoms with Gasteiger partial charge in [0.15, 0.2) is 0 Å². The number of hydrogen-bond acceptors (Lipinski definition) is 7. The number of amides is 1. The van der Waals surface area contributed by atoms with E-state index in [2.05, 4.69) is 15.3 Å². The average molecular weight is 721 g/mol. The molecule has 258 valence electrons. The first-order chi connectivity index (χ1) is 23.3. The monoisotopic (exact) mass is 720 g/mol. The number of para-hydroxylation sites is 1. The molecule has 0 unspecified atom stereocenters. The maximum Gasteiger partial charge on any atom is 0.416 e. The van der Waals surface area contributed by atoms with Crippen molar-refractivity contribution in [2.24, 2.45) is 0 Å². The van der Waals surface area contributed by atoms with Crippen LogP contribution >= 0.6 is 11.6 Å². The number of piperazine rings is 1. The topological polar surface area (TPSA) is 98.7 Å². The molecule has 0 bridgehead atoms. The zero-order valence-electron chi connectivity index (χ0n) is 25.8. The smallest absolute Gasteiger partial charge is 0.366 e. The second-order valence-electron chi connectivity index (χ2n) is 11.6. The molecular formula is C33H30ClF5N6O3S. The number of anilines is 2. The quantitative estimate of drug-likeness (QED) is 0.227. The lowest BCUT2D eigenvalue weighted by atomic mass is 10.1. The molecule has 3 heterocycles. The minimum Gasteiger partial charge on any atom is -0.366 e. The van der Waals surface area contributed by atoms with Crippen LogP contribution in [0.1, 0.15) is 24.1 Å². The van der Waals surface area contributed by atoms with E-state index in [1.807, 2.05) is 9.80 Å². The van der Waals surface area contributed by atoms with E-state index < -0.39 is 39.5 Å². The van der Waals surface area contributed by atoms with Crippen LogP contribution in [0.25, 0.3) is 11.3 Å². The molecule has 6 rings (SSSR count). The number of benzene rings is 3. The first-order valence-electron chi connectivity index (χ1n) is 15.4. The van der Waals surface area contributed by atoms with Crippen LogP contribution in [0.2, 0.25) is 5.02 Å². The van der Waals surface area contributed by atoms with Gasteiger partial charge in [0.1, 0.15) is 22.6 Å². The largest absolute Gasteiger partial charge is 0.416 e. The number of nitrogens with zero attached hydrogens (tertiary/aromatic N) is 5. The van der Waals surface area contributed by atoms with Crippen LogP contribution in [-0.4, -0.2) is 67.4 Å². The van der Waals surface area contributed by atoms with Gasteiger partial charge in [-0.15, -0.1) is 0 Å². The van der Waals surface area contributed by atoms with Gasteiger partial charge in [-0.25, -0.2) is 27.2 Å². The summed E-state index contributed by atoms with van der Waals surface area (Å²) in [5.74, 6) is -1.37. The normalized spacial score (nSPS) is 17.4.